The van der Waals surface area contributed by atoms with E-state index < -0.39 is 11.9 Å². The van der Waals surface area contributed by atoms with Crippen molar-refractivity contribution in [2.75, 3.05) is 18.4 Å². The molecule has 1 saturated heterocycles. The molecule has 2 aliphatic rings. The number of hydrogen-bond donors (Lipinski definition) is 2. The molecule has 2 atom stereocenters. The number of carboxylic acids is 1. The number of rotatable bonds is 3. The van der Waals surface area contributed by atoms with E-state index in [1.807, 2.05) is 0 Å². The molecule has 0 spiro atoms. The van der Waals surface area contributed by atoms with Gasteiger partial charge in [-0.2, -0.15) is 0 Å². The van der Waals surface area contributed by atoms with Crippen LogP contribution in [0.3, 0.4) is 0 Å². The molecule has 7 nitrogen and oxygen atoms in total. The Hall–Kier alpha value is -2.05. The molecule has 2 N–H and O–H groups in total. The fourth-order valence-corrected chi connectivity index (χ4v) is 2.87. The van der Waals surface area contributed by atoms with Crippen molar-refractivity contribution in [1.82, 2.24) is 10.1 Å². The second-order valence-corrected chi connectivity index (χ2v) is 5.60. The number of hydrogen-bond acceptors (Lipinski definition) is 4. The van der Waals surface area contributed by atoms with E-state index in [2.05, 4.69) is 10.5 Å². The van der Waals surface area contributed by atoms with Gasteiger partial charge in [-0.3, -0.25) is 10.1 Å². The molecule has 1 aromatic rings. The van der Waals surface area contributed by atoms with E-state index in [9.17, 15) is 14.7 Å². The van der Waals surface area contributed by atoms with Gasteiger partial charge in [0.25, 0.3) is 0 Å². The van der Waals surface area contributed by atoms with Gasteiger partial charge in [-0.15, -0.1) is 0 Å². The van der Waals surface area contributed by atoms with Crippen LogP contribution in [0.25, 0.3) is 0 Å². The number of aryl methyl sites for hydroxylation is 1. The molecule has 20 heavy (non-hydrogen) atoms. The predicted octanol–water partition coefficient (Wildman–Crippen LogP) is 1.56. The second kappa shape index (κ2) is 4.81. The van der Waals surface area contributed by atoms with E-state index in [4.69, 9.17) is 4.52 Å². The minimum Gasteiger partial charge on any atom is -0.481 e. The molecule has 2 heterocycles. The molecule has 0 bridgehead atoms. The maximum Gasteiger partial charge on any atom is 0.323 e. The van der Waals surface area contributed by atoms with Crippen LogP contribution in [0.4, 0.5) is 10.6 Å². The largest absolute Gasteiger partial charge is 0.481 e. The second-order valence-electron chi connectivity index (χ2n) is 5.60. The summed E-state index contributed by atoms with van der Waals surface area (Å²) in [5.41, 5.74) is 0. The van der Waals surface area contributed by atoms with E-state index in [-0.39, 0.29) is 18.5 Å². The van der Waals surface area contributed by atoms with Crippen molar-refractivity contribution in [3.05, 3.63) is 11.8 Å². The zero-order valence-electron chi connectivity index (χ0n) is 11.2. The van der Waals surface area contributed by atoms with Crippen molar-refractivity contribution in [2.45, 2.75) is 19.8 Å². The molecule has 108 valence electrons. The quantitative estimate of drug-likeness (QED) is 0.875. The number of nitrogens with zero attached hydrogens (tertiary/aromatic N) is 2. The van der Waals surface area contributed by atoms with Gasteiger partial charge in [0.15, 0.2) is 5.82 Å². The molecule has 2 amide bonds. The summed E-state index contributed by atoms with van der Waals surface area (Å²) < 4.78 is 4.88. The summed E-state index contributed by atoms with van der Waals surface area (Å²) >= 11 is 0. The minimum atomic E-state index is -0.811. The average molecular weight is 279 g/mol. The van der Waals surface area contributed by atoms with E-state index in [1.54, 1.807) is 17.9 Å². The van der Waals surface area contributed by atoms with Crippen LogP contribution in [0.1, 0.15) is 18.6 Å². The number of likely N-dealkylation sites (tertiary alicyclic amines) is 1. The standard InChI is InChI=1S/C13H17N3O4/c1-7-4-11(15-20-7)14-13(19)16-5-9(8-2-3-8)10(6-16)12(17)18/h4,8-10H,2-3,5-6H2,1H3,(H,17,18)(H,14,15,19)/t9-,10+/m0/s1. The highest BCUT2D eigenvalue weighted by atomic mass is 16.5. The van der Waals surface area contributed by atoms with Crippen molar-refractivity contribution >= 4 is 17.8 Å². The maximum atomic E-state index is 12.1. The van der Waals surface area contributed by atoms with Crippen LogP contribution in [0.5, 0.6) is 0 Å². The molecule has 0 radical (unpaired) electrons. The van der Waals surface area contributed by atoms with Gasteiger partial charge in [-0.1, -0.05) is 5.16 Å². The van der Waals surface area contributed by atoms with Crippen LogP contribution in [0.15, 0.2) is 10.6 Å². The number of nitrogens with one attached hydrogen (secondary N) is 1. The monoisotopic (exact) mass is 279 g/mol. The van der Waals surface area contributed by atoms with E-state index in [0.29, 0.717) is 24.0 Å². The lowest BCUT2D eigenvalue weighted by molar-refractivity contribution is -0.142. The first-order valence-electron chi connectivity index (χ1n) is 6.76. The summed E-state index contributed by atoms with van der Waals surface area (Å²) in [5, 5.41) is 15.6. The highest BCUT2D eigenvalue weighted by Crippen LogP contribution is 2.44. The summed E-state index contributed by atoms with van der Waals surface area (Å²) in [7, 11) is 0. The van der Waals surface area contributed by atoms with Crippen molar-refractivity contribution in [2.24, 2.45) is 17.8 Å². The van der Waals surface area contributed by atoms with Gasteiger partial charge < -0.3 is 14.5 Å². The fourth-order valence-electron chi connectivity index (χ4n) is 2.87. The van der Waals surface area contributed by atoms with Crippen molar-refractivity contribution < 1.29 is 19.2 Å². The molecule has 3 rings (SSSR count). The maximum absolute atomic E-state index is 12.1. The first-order valence-corrected chi connectivity index (χ1v) is 6.76. The Kier molecular flexibility index (Phi) is 3.11. The Labute approximate surface area is 115 Å². The van der Waals surface area contributed by atoms with Gasteiger partial charge in [0.05, 0.1) is 5.92 Å². The van der Waals surface area contributed by atoms with Crippen LogP contribution in [0, 0.1) is 24.7 Å². The van der Waals surface area contributed by atoms with Gasteiger partial charge >= 0.3 is 12.0 Å². The Morgan fingerprint density at radius 2 is 2.20 bits per heavy atom. The number of anilines is 1. The average Bonchev–Trinajstić information content (AvgIpc) is 3.00. The van der Waals surface area contributed by atoms with Crippen LogP contribution in [-0.2, 0) is 4.79 Å². The lowest BCUT2D eigenvalue weighted by Crippen LogP contribution is -2.34. The number of carboxylic acid groups (broad SMARTS) is 1. The molecule has 1 aliphatic heterocycles. The Morgan fingerprint density at radius 1 is 1.45 bits per heavy atom. The smallest absolute Gasteiger partial charge is 0.323 e. The van der Waals surface area contributed by atoms with E-state index in [0.717, 1.165) is 12.8 Å². The van der Waals surface area contributed by atoms with Gasteiger partial charge in [-0.25, -0.2) is 4.79 Å². The van der Waals surface area contributed by atoms with E-state index >= 15 is 0 Å². The fraction of sp³-hybridized carbons (Fsp3) is 0.615. The highest BCUT2D eigenvalue weighted by Gasteiger charge is 2.46. The summed E-state index contributed by atoms with van der Waals surface area (Å²) in [4.78, 5) is 25.0. The molecule has 1 aliphatic carbocycles. The number of carbonyl (C=O) groups excluding carboxylic acids is 1. The molecule has 1 aromatic heterocycles. The number of aliphatic carboxylic acids is 1. The van der Waals surface area contributed by atoms with Crippen LogP contribution < -0.4 is 5.32 Å². The first kappa shape index (κ1) is 13.0. The Balaban J connectivity index is 1.65. The lowest BCUT2D eigenvalue weighted by Gasteiger charge is -2.15. The number of carbonyl (C=O) groups is 2. The summed E-state index contributed by atoms with van der Waals surface area (Å²) in [6, 6.07) is 1.31. The Bertz CT molecular complexity index is 537. The first-order chi connectivity index (χ1) is 9.54. The summed E-state index contributed by atoms with van der Waals surface area (Å²) in [6.07, 6.45) is 2.15. The summed E-state index contributed by atoms with van der Waals surface area (Å²) in [5.74, 6) is 0.248. The van der Waals surface area contributed by atoms with Crippen LogP contribution in [0.2, 0.25) is 0 Å². The third-order valence-corrected chi connectivity index (χ3v) is 4.06. The van der Waals surface area contributed by atoms with Gasteiger partial charge in [0, 0.05) is 19.2 Å². The Morgan fingerprint density at radius 3 is 2.75 bits per heavy atom. The lowest BCUT2D eigenvalue weighted by atomic mass is 9.92. The number of urea groups is 1. The van der Waals surface area contributed by atoms with Gasteiger partial charge in [0.1, 0.15) is 5.76 Å². The SMILES string of the molecule is Cc1cc(NC(=O)N2C[C@@H](C(=O)O)[C@H](C3CC3)C2)no1. The zero-order chi connectivity index (χ0) is 14.3. The van der Waals surface area contributed by atoms with Gasteiger partial charge in [0.2, 0.25) is 0 Å². The van der Waals surface area contributed by atoms with Gasteiger partial charge in [-0.05, 0) is 31.6 Å². The normalized spacial score (nSPS) is 25.8. The van der Waals surface area contributed by atoms with Crippen molar-refractivity contribution in [3.63, 3.8) is 0 Å². The predicted molar refractivity (Wildman–Crippen MR) is 69.2 cm³/mol. The molecule has 2 fully saturated rings. The topological polar surface area (TPSA) is 95.7 Å². The minimum absolute atomic E-state index is 0.0808. The molecule has 0 aromatic carbocycles. The molecule has 1 saturated carbocycles. The molecular weight excluding hydrogens is 262 g/mol. The molecule has 0 unspecified atom stereocenters. The molecular formula is C13H17N3O4. The zero-order valence-corrected chi connectivity index (χ0v) is 11.2. The third kappa shape index (κ3) is 2.48. The molecule has 7 heteroatoms. The van der Waals surface area contributed by atoms with Crippen LogP contribution in [-0.4, -0.2) is 40.3 Å². The van der Waals surface area contributed by atoms with Crippen molar-refractivity contribution in [1.29, 1.82) is 0 Å². The third-order valence-electron chi connectivity index (χ3n) is 4.06. The number of aromatic nitrogens is 1. The van der Waals surface area contributed by atoms with Crippen LogP contribution >= 0.6 is 0 Å². The number of amides is 2. The van der Waals surface area contributed by atoms with Crippen molar-refractivity contribution in [3.8, 4) is 0 Å². The summed E-state index contributed by atoms with van der Waals surface area (Å²) in [6.45, 7) is 2.51. The van der Waals surface area contributed by atoms with E-state index in [1.165, 1.54) is 0 Å². The highest BCUT2D eigenvalue weighted by molar-refractivity contribution is 5.89.